The molecule has 1 aromatic heterocycles. The summed E-state index contributed by atoms with van der Waals surface area (Å²) in [5.41, 5.74) is 1.08. The lowest BCUT2D eigenvalue weighted by atomic mass is 10.2. The molecule has 1 saturated heterocycles. The zero-order chi connectivity index (χ0) is 16.1. The number of nitrogens with zero attached hydrogens (tertiary/aromatic N) is 2. The fraction of sp³-hybridized carbons (Fsp3) is 0.375. The van der Waals surface area contributed by atoms with Gasteiger partial charge in [0, 0.05) is 41.6 Å². The van der Waals surface area contributed by atoms with Gasteiger partial charge in [-0.3, -0.25) is 4.79 Å². The molecule has 0 bridgehead atoms. The highest BCUT2D eigenvalue weighted by molar-refractivity contribution is 7.99. The van der Waals surface area contributed by atoms with Gasteiger partial charge in [-0.05, 0) is 17.7 Å². The van der Waals surface area contributed by atoms with Crippen LogP contribution in [0, 0.1) is 0 Å². The van der Waals surface area contributed by atoms with Crippen LogP contribution < -0.4 is 10.6 Å². The van der Waals surface area contributed by atoms with Crippen LogP contribution in [-0.4, -0.2) is 39.8 Å². The van der Waals surface area contributed by atoms with E-state index in [9.17, 15) is 4.79 Å². The standard InChI is InChI=1S/C16H19ClN4OS.ClH/c17-13-3-1-12(2-4-13)10-21-15(5-6-19-21)20-16(22)9-14-11-23-8-7-18-14;/h1-6,14,18H,7-11H2,(H,20,22);1H. The topological polar surface area (TPSA) is 59.0 Å². The van der Waals surface area contributed by atoms with Crippen LogP contribution in [0.25, 0.3) is 0 Å². The van der Waals surface area contributed by atoms with Gasteiger partial charge in [0.05, 0.1) is 12.7 Å². The summed E-state index contributed by atoms with van der Waals surface area (Å²) in [7, 11) is 0. The Morgan fingerprint density at radius 3 is 2.88 bits per heavy atom. The molecule has 1 fully saturated rings. The number of hydrogen-bond donors (Lipinski definition) is 2. The van der Waals surface area contributed by atoms with E-state index in [4.69, 9.17) is 11.6 Å². The Morgan fingerprint density at radius 1 is 1.38 bits per heavy atom. The first-order chi connectivity index (χ1) is 11.2. The Bertz CT molecular complexity index is 656. The zero-order valence-corrected chi connectivity index (χ0v) is 15.5. The number of carbonyl (C=O) groups excluding carboxylic acids is 1. The SMILES string of the molecule is Cl.O=C(CC1CSCCN1)Nc1ccnn1Cc1ccc(Cl)cc1. The quantitative estimate of drug-likeness (QED) is 0.828. The van der Waals surface area contributed by atoms with E-state index in [0.29, 0.717) is 23.8 Å². The second-order valence-corrected chi connectivity index (χ2v) is 7.07. The minimum Gasteiger partial charge on any atom is -0.312 e. The number of benzene rings is 1. The van der Waals surface area contributed by atoms with Gasteiger partial charge in [0.15, 0.2) is 0 Å². The van der Waals surface area contributed by atoms with Crippen molar-refractivity contribution in [1.29, 1.82) is 0 Å². The summed E-state index contributed by atoms with van der Waals surface area (Å²) in [5.74, 6) is 2.83. The van der Waals surface area contributed by atoms with Crippen molar-refractivity contribution in [2.24, 2.45) is 0 Å². The largest absolute Gasteiger partial charge is 0.312 e. The predicted molar refractivity (Wildman–Crippen MR) is 102 cm³/mol. The molecular formula is C16H20Cl2N4OS. The summed E-state index contributed by atoms with van der Waals surface area (Å²) in [5, 5.41) is 11.3. The molecule has 5 nitrogen and oxygen atoms in total. The molecule has 0 saturated carbocycles. The number of carbonyl (C=O) groups is 1. The number of halogens is 2. The zero-order valence-electron chi connectivity index (χ0n) is 13.1. The molecule has 0 spiro atoms. The van der Waals surface area contributed by atoms with Gasteiger partial charge >= 0.3 is 0 Å². The van der Waals surface area contributed by atoms with Crippen molar-refractivity contribution in [3.63, 3.8) is 0 Å². The van der Waals surface area contributed by atoms with Gasteiger partial charge in [-0.1, -0.05) is 23.7 Å². The second-order valence-electron chi connectivity index (χ2n) is 5.48. The molecule has 8 heteroatoms. The second kappa shape index (κ2) is 9.32. The van der Waals surface area contributed by atoms with Gasteiger partial charge in [0.25, 0.3) is 0 Å². The molecule has 1 amide bonds. The van der Waals surface area contributed by atoms with Crippen LogP contribution in [0.4, 0.5) is 5.82 Å². The summed E-state index contributed by atoms with van der Waals surface area (Å²) in [6, 6.07) is 9.69. The van der Waals surface area contributed by atoms with E-state index in [-0.39, 0.29) is 24.4 Å². The summed E-state index contributed by atoms with van der Waals surface area (Å²) in [6.45, 7) is 1.56. The molecule has 0 aliphatic carbocycles. The molecule has 1 atom stereocenters. The Hall–Kier alpha value is -1.21. The number of hydrogen-bond acceptors (Lipinski definition) is 4. The van der Waals surface area contributed by atoms with Crippen molar-refractivity contribution in [2.45, 2.75) is 19.0 Å². The third-order valence-corrected chi connectivity index (χ3v) is 5.04. The molecule has 2 N–H and O–H groups in total. The Morgan fingerprint density at radius 2 is 2.17 bits per heavy atom. The van der Waals surface area contributed by atoms with E-state index in [1.807, 2.05) is 42.1 Å². The van der Waals surface area contributed by atoms with E-state index in [0.717, 1.165) is 23.6 Å². The molecule has 130 valence electrons. The fourth-order valence-corrected chi connectivity index (χ4v) is 3.57. The van der Waals surface area contributed by atoms with E-state index >= 15 is 0 Å². The maximum absolute atomic E-state index is 12.2. The average molecular weight is 387 g/mol. The number of anilines is 1. The lowest BCUT2D eigenvalue weighted by Crippen LogP contribution is -2.40. The van der Waals surface area contributed by atoms with E-state index in [1.165, 1.54) is 0 Å². The minimum absolute atomic E-state index is 0. The highest BCUT2D eigenvalue weighted by Gasteiger charge is 2.17. The van der Waals surface area contributed by atoms with Crippen molar-refractivity contribution in [3.8, 4) is 0 Å². The molecule has 1 aliphatic rings. The number of amides is 1. The average Bonchev–Trinajstić information content (AvgIpc) is 2.97. The lowest BCUT2D eigenvalue weighted by Gasteiger charge is -2.22. The van der Waals surface area contributed by atoms with Crippen LogP contribution in [-0.2, 0) is 11.3 Å². The number of aromatic nitrogens is 2. The molecular weight excluding hydrogens is 367 g/mol. The number of nitrogens with one attached hydrogen (secondary N) is 2. The smallest absolute Gasteiger partial charge is 0.227 e. The van der Waals surface area contributed by atoms with E-state index in [2.05, 4.69) is 15.7 Å². The highest BCUT2D eigenvalue weighted by atomic mass is 35.5. The molecule has 3 rings (SSSR count). The van der Waals surface area contributed by atoms with Gasteiger partial charge in [-0.2, -0.15) is 16.9 Å². The van der Waals surface area contributed by atoms with Gasteiger partial charge in [-0.15, -0.1) is 12.4 Å². The van der Waals surface area contributed by atoms with Crippen LogP contribution in [0.5, 0.6) is 0 Å². The van der Waals surface area contributed by atoms with Crippen molar-refractivity contribution in [3.05, 3.63) is 47.1 Å². The molecule has 24 heavy (non-hydrogen) atoms. The first kappa shape index (κ1) is 19.1. The summed E-state index contributed by atoms with van der Waals surface area (Å²) in [6.07, 6.45) is 2.18. The Labute approximate surface area is 156 Å². The third kappa shape index (κ3) is 5.41. The van der Waals surface area contributed by atoms with Crippen LogP contribution in [0.1, 0.15) is 12.0 Å². The normalized spacial score (nSPS) is 17.1. The van der Waals surface area contributed by atoms with Crippen molar-refractivity contribution in [2.75, 3.05) is 23.4 Å². The van der Waals surface area contributed by atoms with Crippen LogP contribution >= 0.6 is 35.8 Å². The Balaban J connectivity index is 0.00000208. The first-order valence-electron chi connectivity index (χ1n) is 7.58. The third-order valence-electron chi connectivity index (χ3n) is 3.66. The molecule has 1 unspecified atom stereocenters. The Kier molecular flexibility index (Phi) is 7.42. The maximum atomic E-state index is 12.2. The van der Waals surface area contributed by atoms with Crippen LogP contribution in [0.15, 0.2) is 36.5 Å². The van der Waals surface area contributed by atoms with Gasteiger partial charge in [0.2, 0.25) is 5.91 Å². The van der Waals surface area contributed by atoms with Crippen LogP contribution in [0.2, 0.25) is 5.02 Å². The molecule has 2 aromatic rings. The molecule has 1 aromatic carbocycles. The summed E-state index contributed by atoms with van der Waals surface area (Å²) in [4.78, 5) is 12.2. The highest BCUT2D eigenvalue weighted by Crippen LogP contribution is 2.15. The number of rotatable bonds is 5. The monoisotopic (exact) mass is 386 g/mol. The van der Waals surface area contributed by atoms with Gasteiger partial charge in [-0.25, -0.2) is 4.68 Å². The lowest BCUT2D eigenvalue weighted by molar-refractivity contribution is -0.116. The summed E-state index contributed by atoms with van der Waals surface area (Å²) < 4.78 is 1.78. The minimum atomic E-state index is 0. The first-order valence-corrected chi connectivity index (χ1v) is 9.11. The van der Waals surface area contributed by atoms with E-state index < -0.39 is 0 Å². The van der Waals surface area contributed by atoms with Crippen molar-refractivity contribution < 1.29 is 4.79 Å². The van der Waals surface area contributed by atoms with Crippen LogP contribution in [0.3, 0.4) is 0 Å². The van der Waals surface area contributed by atoms with E-state index in [1.54, 1.807) is 10.9 Å². The maximum Gasteiger partial charge on any atom is 0.227 e. The van der Waals surface area contributed by atoms with Gasteiger partial charge < -0.3 is 10.6 Å². The van der Waals surface area contributed by atoms with Crippen molar-refractivity contribution in [1.82, 2.24) is 15.1 Å². The molecule has 2 heterocycles. The number of thioether (sulfide) groups is 1. The predicted octanol–water partition coefficient (Wildman–Crippen LogP) is 3.04. The fourth-order valence-electron chi connectivity index (χ4n) is 2.50. The molecule has 1 aliphatic heterocycles. The molecule has 0 radical (unpaired) electrons. The summed E-state index contributed by atoms with van der Waals surface area (Å²) >= 11 is 7.79. The van der Waals surface area contributed by atoms with Gasteiger partial charge in [0.1, 0.15) is 5.82 Å². The van der Waals surface area contributed by atoms with Crippen molar-refractivity contribution >= 4 is 47.5 Å².